The lowest BCUT2D eigenvalue weighted by molar-refractivity contribution is 0.0976. The molecule has 4 heteroatoms. The highest BCUT2D eigenvalue weighted by Gasteiger charge is 2.07. The third kappa shape index (κ3) is 6.31. The van der Waals surface area contributed by atoms with E-state index in [-0.39, 0.29) is 36.5 Å². The lowest BCUT2D eigenvalue weighted by Crippen LogP contribution is -2.17. The van der Waals surface area contributed by atoms with Crippen molar-refractivity contribution < 1.29 is 28.9 Å². The Labute approximate surface area is 160 Å². The summed E-state index contributed by atoms with van der Waals surface area (Å²) >= 11 is 0. The highest BCUT2D eigenvalue weighted by molar-refractivity contribution is 5.42. The van der Waals surface area contributed by atoms with Gasteiger partial charge in [-0.3, -0.25) is 0 Å². The maximum atomic E-state index is 10.3. The number of methoxy groups -OCH3 is 2. The molecule has 0 radical (unpaired) electrons. The highest BCUT2D eigenvalue weighted by Crippen LogP contribution is 2.28. The van der Waals surface area contributed by atoms with Gasteiger partial charge in [0.15, 0.2) is 11.5 Å². The van der Waals surface area contributed by atoms with Crippen LogP contribution in [0.15, 0.2) is 42.5 Å². The minimum Gasteiger partial charge on any atom is -0.493 e. The molecule has 1 unspecified atom stereocenters. The molecule has 0 saturated carbocycles. The molecule has 2 aromatic rings. The van der Waals surface area contributed by atoms with Gasteiger partial charge in [-0.25, -0.2) is 0 Å². The van der Waals surface area contributed by atoms with E-state index in [0.717, 1.165) is 5.56 Å². The molecular formula is C21H28O4. The Hall–Kier alpha value is -2.20. The molecule has 4 nitrogen and oxygen atoms in total. The molecule has 0 aliphatic rings. The molecule has 1 N–H and O–H groups in total. The Morgan fingerprint density at radius 1 is 1.16 bits per heavy atom. The number of ether oxygens (including phenoxy) is 3. The maximum absolute atomic E-state index is 10.3. The summed E-state index contributed by atoms with van der Waals surface area (Å²) in [5.41, 5.74) is 1.42. The number of rotatable bonds is 10. The predicted molar refractivity (Wildman–Crippen MR) is 99.8 cm³/mol. The first kappa shape index (κ1) is 11.4. The second-order valence-electron chi connectivity index (χ2n) is 5.60. The van der Waals surface area contributed by atoms with Gasteiger partial charge in [0.05, 0.1) is 27.1 Å². The van der Waals surface area contributed by atoms with E-state index in [1.807, 2.05) is 13.0 Å². The Morgan fingerprint density at radius 2 is 2.04 bits per heavy atom. The SMILES string of the molecule is [2H]C([2H])(CCC(O)C([2H])([2H])Oc1cccc(C)c1)Cc1ccc(OC([2H])([2H])[2H])c(OC)c1. The summed E-state index contributed by atoms with van der Waals surface area (Å²) in [6, 6.07) is 11.2. The summed E-state index contributed by atoms with van der Waals surface area (Å²) in [4.78, 5) is 0. The molecule has 2 aromatic carbocycles. The molecule has 0 amide bonds. The van der Waals surface area contributed by atoms with Crippen molar-refractivity contribution in [2.24, 2.45) is 0 Å². The van der Waals surface area contributed by atoms with E-state index in [2.05, 4.69) is 0 Å². The minimum absolute atomic E-state index is 0.0220. The van der Waals surface area contributed by atoms with Crippen molar-refractivity contribution in [2.75, 3.05) is 20.7 Å². The summed E-state index contributed by atoms with van der Waals surface area (Å²) in [5.74, 6) is 0.467. The Morgan fingerprint density at radius 3 is 2.80 bits per heavy atom. The highest BCUT2D eigenvalue weighted by atomic mass is 16.5. The van der Waals surface area contributed by atoms with Crippen LogP contribution in [0.5, 0.6) is 17.2 Å². The van der Waals surface area contributed by atoms with E-state index in [1.54, 1.807) is 18.2 Å². The molecule has 0 aromatic heterocycles. The molecule has 0 heterocycles. The number of hydrogen-bond donors (Lipinski definition) is 1. The average Bonchev–Trinajstić information content (AvgIpc) is 2.65. The van der Waals surface area contributed by atoms with Gasteiger partial charge < -0.3 is 19.3 Å². The number of hydrogen-bond acceptors (Lipinski definition) is 4. The summed E-state index contributed by atoms with van der Waals surface area (Å²) in [6.45, 7) is -0.550. The van der Waals surface area contributed by atoms with Crippen LogP contribution in [0.4, 0.5) is 0 Å². The zero-order chi connectivity index (χ0) is 24.2. The van der Waals surface area contributed by atoms with Crippen LogP contribution < -0.4 is 14.2 Å². The summed E-state index contributed by atoms with van der Waals surface area (Å²) in [6.07, 6.45) is -3.64. The fraction of sp³-hybridized carbons (Fsp3) is 0.429. The Balaban J connectivity index is 2.00. The second kappa shape index (κ2) is 9.94. The van der Waals surface area contributed by atoms with E-state index in [0.29, 0.717) is 5.56 Å². The van der Waals surface area contributed by atoms with Gasteiger partial charge in [-0.15, -0.1) is 0 Å². The van der Waals surface area contributed by atoms with E-state index in [1.165, 1.54) is 25.3 Å². The van der Waals surface area contributed by atoms with Crippen molar-refractivity contribution in [1.29, 1.82) is 0 Å². The second-order valence-corrected chi connectivity index (χ2v) is 5.60. The smallest absolute Gasteiger partial charge is 0.160 e. The lowest BCUT2D eigenvalue weighted by Gasteiger charge is -2.13. The summed E-state index contributed by atoms with van der Waals surface area (Å²) in [5, 5.41) is 10.3. The van der Waals surface area contributed by atoms with Gasteiger partial charge in [0.25, 0.3) is 0 Å². The summed E-state index contributed by atoms with van der Waals surface area (Å²) < 4.78 is 69.5. The van der Waals surface area contributed by atoms with Crippen LogP contribution in [-0.2, 0) is 6.42 Å². The molecular weight excluding hydrogens is 316 g/mol. The molecule has 0 fully saturated rings. The normalized spacial score (nSPS) is 17.6. The maximum Gasteiger partial charge on any atom is 0.160 e. The first-order chi connectivity index (χ1) is 14.7. The van der Waals surface area contributed by atoms with E-state index < -0.39 is 26.1 Å². The van der Waals surface area contributed by atoms with Gasteiger partial charge in [-0.2, -0.15) is 0 Å². The molecule has 0 aliphatic carbocycles. The van der Waals surface area contributed by atoms with Gasteiger partial charge in [0.2, 0.25) is 0 Å². The first-order valence-corrected chi connectivity index (χ1v) is 8.00. The van der Waals surface area contributed by atoms with Crippen molar-refractivity contribution in [3.05, 3.63) is 53.6 Å². The van der Waals surface area contributed by atoms with Crippen LogP contribution in [-0.4, -0.2) is 31.9 Å². The summed E-state index contributed by atoms with van der Waals surface area (Å²) in [7, 11) is -1.29. The molecule has 0 aliphatic heterocycles. The molecule has 2 rings (SSSR count). The van der Waals surface area contributed by atoms with Crippen molar-refractivity contribution in [3.63, 3.8) is 0 Å². The molecule has 0 saturated heterocycles. The quantitative estimate of drug-likeness (QED) is 0.698. The van der Waals surface area contributed by atoms with Gasteiger partial charge in [-0.05, 0) is 61.5 Å². The number of benzene rings is 2. The number of aliphatic hydroxyl groups excluding tert-OH is 1. The van der Waals surface area contributed by atoms with Crippen LogP contribution >= 0.6 is 0 Å². The molecule has 0 bridgehead atoms. The third-order valence-corrected chi connectivity index (χ3v) is 3.56. The van der Waals surface area contributed by atoms with E-state index in [4.69, 9.17) is 23.8 Å². The largest absolute Gasteiger partial charge is 0.493 e. The topological polar surface area (TPSA) is 47.9 Å². The fourth-order valence-corrected chi connectivity index (χ4v) is 2.25. The van der Waals surface area contributed by atoms with Crippen molar-refractivity contribution in [2.45, 2.75) is 38.7 Å². The van der Waals surface area contributed by atoms with Gasteiger partial charge in [-0.1, -0.05) is 24.6 Å². The fourth-order valence-electron chi connectivity index (χ4n) is 2.25. The Bertz CT molecular complexity index is 900. The van der Waals surface area contributed by atoms with Crippen molar-refractivity contribution >= 4 is 0 Å². The van der Waals surface area contributed by atoms with Gasteiger partial charge in [0, 0.05) is 2.74 Å². The van der Waals surface area contributed by atoms with Crippen molar-refractivity contribution in [3.8, 4) is 17.2 Å². The van der Waals surface area contributed by atoms with Crippen LogP contribution in [0.25, 0.3) is 0 Å². The first-order valence-electron chi connectivity index (χ1n) is 11.5. The van der Waals surface area contributed by atoms with Gasteiger partial charge >= 0.3 is 0 Å². The Kier molecular flexibility index (Phi) is 4.54. The van der Waals surface area contributed by atoms with Crippen LogP contribution in [0.3, 0.4) is 0 Å². The number of aliphatic hydroxyl groups is 1. The average molecular weight is 351 g/mol. The van der Waals surface area contributed by atoms with E-state index in [9.17, 15) is 5.11 Å². The molecule has 1 atom stereocenters. The van der Waals surface area contributed by atoms with E-state index >= 15 is 0 Å². The molecule has 25 heavy (non-hydrogen) atoms. The zero-order valence-electron chi connectivity index (χ0n) is 21.4. The monoisotopic (exact) mass is 351 g/mol. The minimum atomic E-state index is -2.64. The molecule has 136 valence electrons. The van der Waals surface area contributed by atoms with Crippen LogP contribution in [0.1, 0.15) is 39.9 Å². The van der Waals surface area contributed by atoms with Gasteiger partial charge in [0.1, 0.15) is 12.3 Å². The lowest BCUT2D eigenvalue weighted by atomic mass is 10.0. The zero-order valence-corrected chi connectivity index (χ0v) is 14.4. The predicted octanol–water partition coefficient (Wildman–Crippen LogP) is 4.16. The third-order valence-electron chi connectivity index (χ3n) is 3.56. The molecule has 0 spiro atoms. The van der Waals surface area contributed by atoms with Crippen molar-refractivity contribution in [1.82, 2.24) is 0 Å². The standard InChI is InChI=1S/C21H28O4/c1-16-7-6-10-19(13-16)25-15-18(22)9-5-4-8-17-11-12-20(23-2)21(14-17)24-3/h6-7,10-14,18,22H,4-5,8-9,15H2,1-3H3/i2D3,4D2,15D2. The van der Waals surface area contributed by atoms with Crippen LogP contribution in [0, 0.1) is 6.92 Å². The van der Waals surface area contributed by atoms with Crippen LogP contribution in [0.2, 0.25) is 0 Å². The number of aryl methyl sites for hydroxylation is 2.